The summed E-state index contributed by atoms with van der Waals surface area (Å²) in [5, 5.41) is 1.70. The van der Waals surface area contributed by atoms with Crippen LogP contribution >= 0.6 is 0 Å². The van der Waals surface area contributed by atoms with E-state index in [0.29, 0.717) is 9.87 Å². The number of benzene rings is 2. The first-order chi connectivity index (χ1) is 12.9. The Morgan fingerprint density at radius 1 is 1.04 bits per heavy atom. The molecule has 2 rings (SSSR count). The molecule has 0 unspecified atom stereocenters. The third kappa shape index (κ3) is 5.26. The van der Waals surface area contributed by atoms with E-state index >= 15 is 0 Å². The molecule has 0 aliphatic heterocycles. The Bertz CT molecular complexity index is 939. The van der Waals surface area contributed by atoms with Crippen LogP contribution in [0.3, 0.4) is 0 Å². The van der Waals surface area contributed by atoms with Crippen LogP contribution < -0.4 is 5.32 Å². The molecule has 0 spiro atoms. The van der Waals surface area contributed by atoms with Gasteiger partial charge in [0.05, 0.1) is 0 Å². The van der Waals surface area contributed by atoms with Gasteiger partial charge in [-0.2, -0.15) is 17.5 Å². The van der Waals surface area contributed by atoms with Gasteiger partial charge in [0.25, 0.3) is 5.91 Å². The maximum Gasteiger partial charge on any atom is 0.405 e. The summed E-state index contributed by atoms with van der Waals surface area (Å²) in [7, 11) is -3.35. The van der Waals surface area contributed by atoms with E-state index in [0.717, 1.165) is 25.2 Å². The second kappa shape index (κ2) is 8.23. The van der Waals surface area contributed by atoms with Crippen molar-refractivity contribution in [3.63, 3.8) is 0 Å². The van der Waals surface area contributed by atoms with Crippen molar-refractivity contribution < 1.29 is 35.2 Å². The predicted molar refractivity (Wildman–Crippen MR) is 89.8 cm³/mol. The maximum absolute atomic E-state index is 13.8. The Kier molecular flexibility index (Phi) is 6.40. The van der Waals surface area contributed by atoms with E-state index in [4.69, 9.17) is 0 Å². The normalized spacial score (nSPS) is 12.2. The molecule has 0 aliphatic carbocycles. The molecule has 0 saturated carbocycles. The molecule has 0 bridgehead atoms. The highest BCUT2D eigenvalue weighted by Crippen LogP contribution is 2.23. The molecule has 152 valence electrons. The zero-order valence-corrected chi connectivity index (χ0v) is 15.2. The third-order valence-corrected chi connectivity index (χ3v) is 5.51. The SMILES string of the molecule is CN(Cc1ccc(C(=O)NCC(F)(F)F)cc1)S(=O)(=O)c1c(F)cccc1F. The summed E-state index contributed by atoms with van der Waals surface area (Å²) < 4.78 is 89.4. The molecule has 11 heteroatoms. The van der Waals surface area contributed by atoms with Crippen molar-refractivity contribution in [2.75, 3.05) is 13.6 Å². The lowest BCUT2D eigenvalue weighted by Crippen LogP contribution is -2.33. The number of alkyl halides is 3. The lowest BCUT2D eigenvalue weighted by atomic mass is 10.1. The van der Waals surface area contributed by atoms with Crippen LogP contribution in [0.1, 0.15) is 15.9 Å². The highest BCUT2D eigenvalue weighted by molar-refractivity contribution is 7.89. The van der Waals surface area contributed by atoms with Crippen LogP contribution in [-0.4, -0.2) is 38.4 Å². The number of amides is 1. The highest BCUT2D eigenvalue weighted by Gasteiger charge is 2.29. The number of hydrogen-bond donors (Lipinski definition) is 1. The number of carbonyl (C=O) groups is 1. The highest BCUT2D eigenvalue weighted by atomic mass is 32.2. The van der Waals surface area contributed by atoms with E-state index in [9.17, 15) is 35.2 Å². The molecule has 0 fully saturated rings. The van der Waals surface area contributed by atoms with Crippen LogP contribution in [-0.2, 0) is 16.6 Å². The first-order valence-electron chi connectivity index (χ1n) is 7.76. The number of sulfonamides is 1. The number of halogens is 5. The summed E-state index contributed by atoms with van der Waals surface area (Å²) in [4.78, 5) is 10.6. The van der Waals surface area contributed by atoms with Gasteiger partial charge < -0.3 is 5.32 Å². The zero-order chi connectivity index (χ0) is 21.1. The zero-order valence-electron chi connectivity index (χ0n) is 14.4. The number of rotatable bonds is 6. The fourth-order valence-corrected chi connectivity index (χ4v) is 3.53. The molecule has 0 atom stereocenters. The second-order valence-electron chi connectivity index (χ2n) is 5.81. The van der Waals surface area contributed by atoms with E-state index in [1.54, 1.807) is 5.32 Å². The summed E-state index contributed by atoms with van der Waals surface area (Å²) in [5.41, 5.74) is 0.300. The van der Waals surface area contributed by atoms with Crippen LogP contribution in [0, 0.1) is 11.6 Å². The topological polar surface area (TPSA) is 66.5 Å². The molecule has 2 aromatic carbocycles. The van der Waals surface area contributed by atoms with Gasteiger partial charge in [-0.1, -0.05) is 18.2 Å². The lowest BCUT2D eigenvalue weighted by Gasteiger charge is -2.18. The Balaban J connectivity index is 2.12. The Labute approximate surface area is 157 Å². The van der Waals surface area contributed by atoms with Gasteiger partial charge in [0.15, 0.2) is 4.90 Å². The molecule has 5 nitrogen and oxygen atoms in total. The molecule has 1 amide bonds. The summed E-state index contributed by atoms with van der Waals surface area (Å²) >= 11 is 0. The van der Waals surface area contributed by atoms with Crippen molar-refractivity contribution in [1.82, 2.24) is 9.62 Å². The Morgan fingerprint density at radius 3 is 2.07 bits per heavy atom. The second-order valence-corrected chi connectivity index (χ2v) is 7.79. The van der Waals surface area contributed by atoms with Gasteiger partial charge in [-0.15, -0.1) is 0 Å². The molecule has 0 heterocycles. The largest absolute Gasteiger partial charge is 0.405 e. The van der Waals surface area contributed by atoms with Crippen LogP contribution in [0.4, 0.5) is 22.0 Å². The minimum absolute atomic E-state index is 0.0568. The Morgan fingerprint density at radius 2 is 1.57 bits per heavy atom. The molecule has 0 aromatic heterocycles. The number of nitrogens with one attached hydrogen (secondary N) is 1. The van der Waals surface area contributed by atoms with E-state index in [2.05, 4.69) is 0 Å². The van der Waals surface area contributed by atoms with E-state index in [-0.39, 0.29) is 12.1 Å². The van der Waals surface area contributed by atoms with Gasteiger partial charge in [-0.05, 0) is 29.8 Å². The fraction of sp³-hybridized carbons (Fsp3) is 0.235. The number of nitrogens with zero attached hydrogens (tertiary/aromatic N) is 1. The van der Waals surface area contributed by atoms with Crippen LogP contribution in [0.25, 0.3) is 0 Å². The van der Waals surface area contributed by atoms with Gasteiger partial charge >= 0.3 is 6.18 Å². The van der Waals surface area contributed by atoms with Crippen LogP contribution in [0.5, 0.6) is 0 Å². The van der Waals surface area contributed by atoms with Crippen molar-refractivity contribution in [2.45, 2.75) is 17.6 Å². The van der Waals surface area contributed by atoms with Crippen molar-refractivity contribution >= 4 is 15.9 Å². The summed E-state index contributed by atoms with van der Waals surface area (Å²) in [6.45, 7) is -1.76. The smallest absolute Gasteiger partial charge is 0.343 e. The van der Waals surface area contributed by atoms with Crippen molar-refractivity contribution in [2.24, 2.45) is 0 Å². The lowest BCUT2D eigenvalue weighted by molar-refractivity contribution is -0.123. The average Bonchev–Trinajstić information content (AvgIpc) is 2.59. The predicted octanol–water partition coefficient (Wildman–Crippen LogP) is 3.08. The summed E-state index contributed by atoms with van der Waals surface area (Å²) in [6.07, 6.45) is -4.55. The minimum atomic E-state index is -4.55. The van der Waals surface area contributed by atoms with Gasteiger partial charge in [-0.3, -0.25) is 4.79 Å². The number of hydrogen-bond acceptors (Lipinski definition) is 3. The van der Waals surface area contributed by atoms with Crippen molar-refractivity contribution in [3.05, 3.63) is 65.2 Å². The van der Waals surface area contributed by atoms with E-state index in [1.807, 2.05) is 0 Å². The molecular weight excluding hydrogens is 407 g/mol. The molecule has 0 aliphatic rings. The summed E-state index contributed by atoms with van der Waals surface area (Å²) in [5.74, 6) is -3.41. The summed E-state index contributed by atoms with van der Waals surface area (Å²) in [6, 6.07) is 7.75. The standard InChI is InChI=1S/C17H15F5N2O3S/c1-24(28(26,27)15-13(18)3-2-4-14(15)19)9-11-5-7-12(8-6-11)16(25)23-10-17(20,21)22/h2-8H,9-10H2,1H3,(H,23,25). The van der Waals surface area contributed by atoms with Gasteiger partial charge in [0.2, 0.25) is 10.0 Å². The van der Waals surface area contributed by atoms with Gasteiger partial charge in [0.1, 0.15) is 18.2 Å². The average molecular weight is 422 g/mol. The quantitative estimate of drug-likeness (QED) is 0.728. The van der Waals surface area contributed by atoms with Gasteiger partial charge in [-0.25, -0.2) is 17.2 Å². The van der Waals surface area contributed by atoms with Crippen LogP contribution in [0.2, 0.25) is 0 Å². The molecule has 0 radical (unpaired) electrons. The Hall–Kier alpha value is -2.53. The molecule has 2 aromatic rings. The van der Waals surface area contributed by atoms with Gasteiger partial charge in [0, 0.05) is 19.2 Å². The van der Waals surface area contributed by atoms with Crippen LogP contribution in [0.15, 0.2) is 47.4 Å². The first kappa shape index (κ1) is 21.8. The van der Waals surface area contributed by atoms with E-state index < -0.39 is 45.2 Å². The number of carbonyl (C=O) groups excluding carboxylic acids is 1. The van der Waals surface area contributed by atoms with E-state index in [1.165, 1.54) is 24.3 Å². The van der Waals surface area contributed by atoms with Crippen molar-refractivity contribution in [1.29, 1.82) is 0 Å². The molecule has 1 N–H and O–H groups in total. The maximum atomic E-state index is 13.8. The molecule has 0 saturated heterocycles. The van der Waals surface area contributed by atoms with Crippen molar-refractivity contribution in [3.8, 4) is 0 Å². The minimum Gasteiger partial charge on any atom is -0.343 e. The first-order valence-corrected chi connectivity index (χ1v) is 9.20. The monoisotopic (exact) mass is 422 g/mol. The molecular formula is C17H15F5N2O3S. The third-order valence-electron chi connectivity index (χ3n) is 3.66. The fourth-order valence-electron chi connectivity index (χ4n) is 2.27. The molecule has 28 heavy (non-hydrogen) atoms.